The Morgan fingerprint density at radius 1 is 0.875 bits per heavy atom. The van der Waals surface area contributed by atoms with Crippen molar-refractivity contribution in [3.63, 3.8) is 0 Å². The number of rotatable bonds is 3. The fraction of sp³-hybridized carbons (Fsp3) is 0. The number of fused-ring (bicyclic) bond motifs is 1. The molecule has 0 fully saturated rings. The normalized spacial score (nSPS) is 9.54. The second kappa shape index (κ2) is 6.40. The van der Waals surface area contributed by atoms with Gasteiger partial charge in [0.15, 0.2) is 5.57 Å². The summed E-state index contributed by atoms with van der Waals surface area (Å²) < 4.78 is 2.03. The van der Waals surface area contributed by atoms with Crippen molar-refractivity contribution in [3.8, 4) is 29.3 Å². The zero-order valence-electron chi connectivity index (χ0n) is 12.6. The van der Waals surface area contributed by atoms with Crippen LogP contribution in [0.3, 0.4) is 0 Å². The van der Waals surface area contributed by atoms with E-state index >= 15 is 0 Å². The lowest BCUT2D eigenvalue weighted by Crippen LogP contribution is -2.00. The molecule has 0 amide bonds. The Morgan fingerprint density at radius 2 is 1.71 bits per heavy atom. The average molecular weight is 309 g/mol. The molecule has 3 rings (SSSR count). The number of hydrogen-bond acceptors (Lipinski definition) is 4. The van der Waals surface area contributed by atoms with Crippen LogP contribution < -0.4 is 5.32 Å². The molecule has 0 saturated carbocycles. The SMILES string of the molecule is N#CC(C#N)=C(C#N)Nc1cccc(-c2cc3ccccn3c2)c1. The van der Waals surface area contributed by atoms with E-state index in [1.807, 2.05) is 59.3 Å². The van der Waals surface area contributed by atoms with Crippen LogP contribution in [0.4, 0.5) is 5.69 Å². The molecule has 3 aromatic rings. The zero-order valence-corrected chi connectivity index (χ0v) is 12.6. The molecular formula is C19H11N5. The first kappa shape index (κ1) is 14.9. The molecule has 0 aliphatic heterocycles. The fourth-order valence-electron chi connectivity index (χ4n) is 2.42. The van der Waals surface area contributed by atoms with Gasteiger partial charge >= 0.3 is 0 Å². The van der Waals surface area contributed by atoms with Crippen molar-refractivity contribution in [2.75, 3.05) is 5.32 Å². The van der Waals surface area contributed by atoms with E-state index in [1.165, 1.54) is 0 Å². The summed E-state index contributed by atoms with van der Waals surface area (Å²) in [5.74, 6) is 0. The van der Waals surface area contributed by atoms with Gasteiger partial charge in [0.2, 0.25) is 0 Å². The summed E-state index contributed by atoms with van der Waals surface area (Å²) in [6, 6.07) is 20.8. The molecule has 0 aliphatic rings. The first-order chi connectivity index (χ1) is 11.7. The lowest BCUT2D eigenvalue weighted by molar-refractivity contribution is 1.20. The summed E-state index contributed by atoms with van der Waals surface area (Å²) in [5.41, 5.74) is 3.43. The molecule has 1 N–H and O–H groups in total. The highest BCUT2D eigenvalue weighted by Gasteiger charge is 2.08. The van der Waals surface area contributed by atoms with E-state index in [0.29, 0.717) is 5.69 Å². The van der Waals surface area contributed by atoms with Gasteiger partial charge in [0.1, 0.15) is 23.9 Å². The van der Waals surface area contributed by atoms with Crippen LogP contribution in [0.5, 0.6) is 0 Å². The Kier molecular flexibility index (Phi) is 3.98. The monoisotopic (exact) mass is 309 g/mol. The maximum absolute atomic E-state index is 9.13. The molecule has 2 aromatic heterocycles. The van der Waals surface area contributed by atoms with E-state index in [9.17, 15) is 0 Å². The third kappa shape index (κ3) is 2.81. The van der Waals surface area contributed by atoms with Crippen LogP contribution >= 0.6 is 0 Å². The molecule has 0 unspecified atom stereocenters. The number of aromatic nitrogens is 1. The van der Waals surface area contributed by atoms with E-state index in [4.69, 9.17) is 15.8 Å². The van der Waals surface area contributed by atoms with Crippen molar-refractivity contribution in [1.29, 1.82) is 15.8 Å². The average Bonchev–Trinajstić information content (AvgIpc) is 3.06. The highest BCUT2D eigenvalue weighted by atomic mass is 14.9. The first-order valence-corrected chi connectivity index (χ1v) is 7.14. The van der Waals surface area contributed by atoms with Gasteiger partial charge < -0.3 is 9.72 Å². The predicted molar refractivity (Wildman–Crippen MR) is 90.3 cm³/mol. The number of nitriles is 3. The molecule has 5 nitrogen and oxygen atoms in total. The minimum atomic E-state index is -0.238. The summed E-state index contributed by atoms with van der Waals surface area (Å²) in [4.78, 5) is 0. The van der Waals surface area contributed by atoms with E-state index in [0.717, 1.165) is 16.6 Å². The van der Waals surface area contributed by atoms with Crippen molar-refractivity contribution < 1.29 is 0 Å². The smallest absolute Gasteiger partial charge is 0.163 e. The van der Waals surface area contributed by atoms with Crippen LogP contribution in [0, 0.1) is 34.0 Å². The van der Waals surface area contributed by atoms with Crippen molar-refractivity contribution in [2.45, 2.75) is 0 Å². The topological polar surface area (TPSA) is 87.8 Å². The van der Waals surface area contributed by atoms with Crippen LogP contribution in [0.2, 0.25) is 0 Å². The molecule has 0 aliphatic carbocycles. The Balaban J connectivity index is 1.98. The third-order valence-electron chi connectivity index (χ3n) is 3.56. The number of nitrogens with zero attached hydrogens (tertiary/aromatic N) is 4. The molecule has 112 valence electrons. The summed E-state index contributed by atoms with van der Waals surface area (Å²) in [5, 5.41) is 29.8. The highest BCUT2D eigenvalue weighted by molar-refractivity contribution is 5.74. The van der Waals surface area contributed by atoms with Crippen molar-refractivity contribution in [2.24, 2.45) is 0 Å². The third-order valence-corrected chi connectivity index (χ3v) is 3.56. The van der Waals surface area contributed by atoms with E-state index in [-0.39, 0.29) is 11.3 Å². The number of nitrogens with one attached hydrogen (secondary N) is 1. The lowest BCUT2D eigenvalue weighted by atomic mass is 10.1. The first-order valence-electron chi connectivity index (χ1n) is 7.14. The van der Waals surface area contributed by atoms with Gasteiger partial charge in [-0.3, -0.25) is 0 Å². The number of anilines is 1. The van der Waals surface area contributed by atoms with Gasteiger partial charge in [0.05, 0.1) is 0 Å². The molecule has 24 heavy (non-hydrogen) atoms. The summed E-state index contributed by atoms with van der Waals surface area (Å²) in [6.07, 6.45) is 4.00. The van der Waals surface area contributed by atoms with Crippen LogP contribution in [0.1, 0.15) is 0 Å². The Bertz CT molecular complexity index is 1020. The van der Waals surface area contributed by atoms with Gasteiger partial charge in [-0.2, -0.15) is 15.8 Å². The fourth-order valence-corrected chi connectivity index (χ4v) is 2.42. The molecule has 0 atom stereocenters. The van der Waals surface area contributed by atoms with Crippen LogP contribution in [-0.2, 0) is 0 Å². The predicted octanol–water partition coefficient (Wildman–Crippen LogP) is 3.84. The molecule has 0 spiro atoms. The van der Waals surface area contributed by atoms with Crippen LogP contribution in [0.25, 0.3) is 16.6 Å². The minimum absolute atomic E-state index is 0.0563. The molecule has 0 bridgehead atoms. The number of benzene rings is 1. The summed E-state index contributed by atoms with van der Waals surface area (Å²) in [6.45, 7) is 0. The Morgan fingerprint density at radius 3 is 2.42 bits per heavy atom. The second-order valence-corrected chi connectivity index (χ2v) is 5.05. The van der Waals surface area contributed by atoms with Crippen molar-refractivity contribution >= 4 is 11.2 Å². The van der Waals surface area contributed by atoms with E-state index in [1.54, 1.807) is 18.2 Å². The van der Waals surface area contributed by atoms with Gasteiger partial charge in [-0.1, -0.05) is 18.2 Å². The minimum Gasteiger partial charge on any atom is -0.345 e. The maximum atomic E-state index is 9.13. The standard InChI is InChI=1S/C19H11N5/c20-10-16(11-21)19(12-22)23-17-5-3-4-14(8-17)15-9-18-6-1-2-7-24(18)13-15/h1-9,13,23H. The molecule has 0 radical (unpaired) electrons. The van der Waals surface area contributed by atoms with Crippen molar-refractivity contribution in [1.82, 2.24) is 4.40 Å². The Labute approximate surface area is 138 Å². The second-order valence-electron chi connectivity index (χ2n) is 5.05. The van der Waals surface area contributed by atoms with E-state index in [2.05, 4.69) is 11.4 Å². The highest BCUT2D eigenvalue weighted by Crippen LogP contribution is 2.26. The lowest BCUT2D eigenvalue weighted by Gasteiger charge is -2.06. The largest absolute Gasteiger partial charge is 0.345 e. The molecule has 0 saturated heterocycles. The Hall–Kier alpha value is -4.01. The van der Waals surface area contributed by atoms with Gasteiger partial charge in [0.25, 0.3) is 0 Å². The molecule has 5 heteroatoms. The summed E-state index contributed by atoms with van der Waals surface area (Å²) >= 11 is 0. The summed E-state index contributed by atoms with van der Waals surface area (Å²) in [7, 11) is 0. The van der Waals surface area contributed by atoms with E-state index < -0.39 is 0 Å². The van der Waals surface area contributed by atoms with Gasteiger partial charge in [-0.15, -0.1) is 0 Å². The van der Waals surface area contributed by atoms with Gasteiger partial charge in [-0.25, -0.2) is 0 Å². The van der Waals surface area contributed by atoms with Crippen LogP contribution in [-0.4, -0.2) is 4.40 Å². The maximum Gasteiger partial charge on any atom is 0.163 e. The quantitative estimate of drug-likeness (QED) is 0.744. The number of pyridine rings is 1. The van der Waals surface area contributed by atoms with Crippen LogP contribution in [0.15, 0.2) is 72.2 Å². The van der Waals surface area contributed by atoms with Gasteiger partial charge in [-0.05, 0) is 35.9 Å². The molecular weight excluding hydrogens is 298 g/mol. The molecule has 2 heterocycles. The van der Waals surface area contributed by atoms with Gasteiger partial charge in [0, 0.05) is 29.2 Å². The zero-order chi connectivity index (χ0) is 16.9. The number of allylic oxidation sites excluding steroid dienone is 2. The number of hydrogen-bond donors (Lipinski definition) is 1. The molecule has 1 aromatic carbocycles. The van der Waals surface area contributed by atoms with Crippen molar-refractivity contribution in [3.05, 3.63) is 72.2 Å².